The monoisotopic (exact) mass is 338 g/mol. The molecule has 0 aliphatic carbocycles. The molecule has 1 atom stereocenters. The summed E-state index contributed by atoms with van der Waals surface area (Å²) in [6.07, 6.45) is 5.29. The van der Waals surface area contributed by atoms with Gasteiger partial charge in [-0.1, -0.05) is 32.4 Å². The van der Waals surface area contributed by atoms with Crippen molar-refractivity contribution in [1.82, 2.24) is 10.2 Å². The van der Waals surface area contributed by atoms with Crippen LogP contribution in [-0.2, 0) is 14.1 Å². The second-order valence-electron chi connectivity index (χ2n) is 7.53. The molecule has 2 heterocycles. The van der Waals surface area contributed by atoms with Crippen LogP contribution < -0.4 is 5.32 Å². The van der Waals surface area contributed by atoms with E-state index in [-0.39, 0.29) is 30.3 Å². The smallest absolute Gasteiger partial charge is 0.403 e. The molecule has 0 aromatic heterocycles. The lowest BCUT2D eigenvalue weighted by atomic mass is 9.84. The van der Waals surface area contributed by atoms with Gasteiger partial charge in [-0.05, 0) is 34.6 Å². The van der Waals surface area contributed by atoms with Crippen molar-refractivity contribution in [2.45, 2.75) is 77.9 Å². The minimum absolute atomic E-state index is 0.266. The number of allylic oxidation sites excluding steroid dienone is 1. The van der Waals surface area contributed by atoms with Crippen LogP contribution in [0.4, 0.5) is 4.79 Å². The van der Waals surface area contributed by atoms with Crippen LogP contribution in [0.2, 0.25) is 6.32 Å². The van der Waals surface area contributed by atoms with E-state index in [1.165, 1.54) is 13.5 Å². The molecule has 0 radical (unpaired) electrons. The van der Waals surface area contributed by atoms with Gasteiger partial charge in [0.2, 0.25) is 0 Å². The van der Waals surface area contributed by atoms with E-state index in [0.29, 0.717) is 6.32 Å². The molecule has 2 saturated heterocycles. The second kappa shape index (κ2) is 7.27. The first-order valence-corrected chi connectivity index (χ1v) is 8.54. The Morgan fingerprint density at radius 2 is 1.54 bits per heavy atom. The summed E-state index contributed by atoms with van der Waals surface area (Å²) in [4.78, 5) is 24.6. The molecule has 0 aromatic carbocycles. The minimum Gasteiger partial charge on any atom is -0.403 e. The fraction of sp³-hybridized carbons (Fsp3) is 0.765. The molecule has 2 aliphatic heterocycles. The van der Waals surface area contributed by atoms with Crippen molar-refractivity contribution < 1.29 is 18.9 Å². The Kier molecular flexibility index (Phi) is 6.28. The Labute approximate surface area is 146 Å². The predicted octanol–water partition coefficient (Wildman–Crippen LogP) is 2.99. The molecular formula is C17H31BN2O4. The van der Waals surface area contributed by atoms with Gasteiger partial charge in [0.15, 0.2) is 0 Å². The second-order valence-corrected chi connectivity index (χ2v) is 7.53. The topological polar surface area (TPSA) is 67.9 Å². The lowest BCUT2D eigenvalue weighted by molar-refractivity contribution is -0.128. The largest absolute Gasteiger partial charge is 0.461 e. The summed E-state index contributed by atoms with van der Waals surface area (Å²) in [5.74, 6) is -0.266. The van der Waals surface area contributed by atoms with Gasteiger partial charge in [-0.25, -0.2) is 4.79 Å². The maximum atomic E-state index is 12.0. The standard InChI is InChI=1S/C14H23BN2O4.C3H8/c1-12(2)13(3,4)21-15(20-12)9-7-8-14(5)10(18)17(6)11(19)16-14;1-3-2/h7-8H,9H2,1-6H3,(H,16,19);3H2,1-2H3/b8-7+;. The summed E-state index contributed by atoms with van der Waals surface area (Å²) in [5.41, 5.74) is -1.73. The highest BCUT2D eigenvalue weighted by Gasteiger charge is 2.50. The van der Waals surface area contributed by atoms with E-state index in [2.05, 4.69) is 19.2 Å². The number of carbonyl (C=O) groups is 2. The van der Waals surface area contributed by atoms with Crippen molar-refractivity contribution in [1.29, 1.82) is 0 Å². The zero-order chi connectivity index (χ0) is 18.8. The van der Waals surface area contributed by atoms with Crippen LogP contribution in [0.25, 0.3) is 0 Å². The lowest BCUT2D eigenvalue weighted by Crippen LogP contribution is -2.41. The van der Waals surface area contributed by atoms with Crippen molar-refractivity contribution in [3.05, 3.63) is 12.2 Å². The van der Waals surface area contributed by atoms with Gasteiger partial charge in [-0.3, -0.25) is 9.69 Å². The van der Waals surface area contributed by atoms with Crippen LogP contribution in [0, 0.1) is 0 Å². The minimum atomic E-state index is -0.991. The molecular weight excluding hydrogens is 307 g/mol. The van der Waals surface area contributed by atoms with Crippen molar-refractivity contribution in [2.75, 3.05) is 7.05 Å². The van der Waals surface area contributed by atoms with E-state index in [1.54, 1.807) is 13.0 Å². The number of carbonyl (C=O) groups excluding carboxylic acids is 2. The summed E-state index contributed by atoms with van der Waals surface area (Å²) in [5, 5.41) is 2.66. The Bertz CT molecular complexity index is 503. The molecule has 2 aliphatic rings. The highest BCUT2D eigenvalue weighted by molar-refractivity contribution is 6.46. The Hall–Kier alpha value is -1.34. The van der Waals surface area contributed by atoms with Crippen molar-refractivity contribution >= 4 is 19.1 Å². The van der Waals surface area contributed by atoms with Gasteiger partial charge in [-0.2, -0.15) is 0 Å². The fourth-order valence-electron chi connectivity index (χ4n) is 2.39. The van der Waals surface area contributed by atoms with Crippen molar-refractivity contribution in [3.63, 3.8) is 0 Å². The Balaban J connectivity index is 0.000000891. The molecule has 1 N–H and O–H groups in total. The number of likely N-dealkylation sites (N-methyl/N-ethyl adjacent to an activating group) is 1. The number of hydrogen-bond donors (Lipinski definition) is 1. The molecule has 0 spiro atoms. The van der Waals surface area contributed by atoms with E-state index >= 15 is 0 Å². The Morgan fingerprint density at radius 1 is 1.08 bits per heavy atom. The molecule has 0 saturated carbocycles. The van der Waals surface area contributed by atoms with Crippen LogP contribution in [0.15, 0.2) is 12.2 Å². The summed E-state index contributed by atoms with van der Waals surface area (Å²) in [7, 11) is 1.12. The van der Waals surface area contributed by atoms with Crippen LogP contribution in [0.3, 0.4) is 0 Å². The Morgan fingerprint density at radius 3 is 1.92 bits per heavy atom. The molecule has 136 valence electrons. The number of imide groups is 1. The molecule has 7 heteroatoms. The van der Waals surface area contributed by atoms with Gasteiger partial charge in [0, 0.05) is 13.4 Å². The van der Waals surface area contributed by atoms with Crippen LogP contribution in [0.5, 0.6) is 0 Å². The first-order chi connectivity index (χ1) is 10.9. The van der Waals surface area contributed by atoms with Gasteiger partial charge in [0.05, 0.1) is 11.2 Å². The molecule has 1 unspecified atom stereocenters. The molecule has 6 nitrogen and oxygen atoms in total. The number of nitrogens with one attached hydrogen (secondary N) is 1. The van der Waals surface area contributed by atoms with Crippen molar-refractivity contribution in [3.8, 4) is 0 Å². The van der Waals surface area contributed by atoms with Gasteiger partial charge < -0.3 is 14.6 Å². The SMILES string of the molecule is CCC.CN1C(=O)NC(C)(/C=C/CB2OC(C)(C)C(C)(C)O2)C1=O. The third-order valence-corrected chi connectivity index (χ3v) is 4.50. The highest BCUT2D eigenvalue weighted by atomic mass is 16.7. The number of amides is 3. The predicted molar refractivity (Wildman–Crippen MR) is 95.7 cm³/mol. The zero-order valence-corrected chi connectivity index (χ0v) is 16.2. The maximum absolute atomic E-state index is 12.0. The van der Waals surface area contributed by atoms with E-state index in [9.17, 15) is 9.59 Å². The summed E-state index contributed by atoms with van der Waals surface area (Å²) in [6, 6.07) is -0.386. The highest BCUT2D eigenvalue weighted by Crippen LogP contribution is 2.37. The average Bonchev–Trinajstić information content (AvgIpc) is 2.75. The summed E-state index contributed by atoms with van der Waals surface area (Å²) >= 11 is 0. The number of hydrogen-bond acceptors (Lipinski definition) is 4. The van der Waals surface area contributed by atoms with Gasteiger partial charge >= 0.3 is 13.1 Å². The van der Waals surface area contributed by atoms with Crippen LogP contribution in [-0.4, -0.2) is 47.7 Å². The molecule has 24 heavy (non-hydrogen) atoms. The zero-order valence-electron chi connectivity index (χ0n) is 16.2. The first-order valence-electron chi connectivity index (χ1n) is 8.54. The van der Waals surface area contributed by atoms with E-state index in [0.717, 1.165) is 4.90 Å². The van der Waals surface area contributed by atoms with E-state index in [4.69, 9.17) is 9.31 Å². The lowest BCUT2D eigenvalue weighted by Gasteiger charge is -2.32. The van der Waals surface area contributed by atoms with Gasteiger partial charge in [-0.15, -0.1) is 0 Å². The number of urea groups is 1. The molecule has 0 aromatic rings. The van der Waals surface area contributed by atoms with Gasteiger partial charge in [0.1, 0.15) is 5.54 Å². The van der Waals surface area contributed by atoms with E-state index < -0.39 is 5.54 Å². The summed E-state index contributed by atoms with van der Waals surface area (Å²) < 4.78 is 11.7. The molecule has 3 amide bonds. The van der Waals surface area contributed by atoms with E-state index in [1.807, 2.05) is 33.8 Å². The number of rotatable bonds is 3. The normalized spacial score (nSPS) is 28.2. The molecule has 2 rings (SSSR count). The molecule has 2 fully saturated rings. The quantitative estimate of drug-likeness (QED) is 0.488. The maximum Gasteiger partial charge on any atom is 0.461 e. The average molecular weight is 338 g/mol. The van der Waals surface area contributed by atoms with Crippen LogP contribution >= 0.6 is 0 Å². The van der Waals surface area contributed by atoms with Crippen molar-refractivity contribution in [2.24, 2.45) is 0 Å². The van der Waals surface area contributed by atoms with Crippen LogP contribution in [0.1, 0.15) is 54.9 Å². The fourth-order valence-corrected chi connectivity index (χ4v) is 2.39. The first kappa shape index (κ1) is 20.7. The number of nitrogens with zero attached hydrogens (tertiary/aromatic N) is 1. The van der Waals surface area contributed by atoms with Gasteiger partial charge in [0.25, 0.3) is 5.91 Å². The third-order valence-electron chi connectivity index (χ3n) is 4.50. The summed E-state index contributed by atoms with van der Waals surface area (Å²) in [6.45, 7) is 13.9. The molecule has 0 bridgehead atoms. The third kappa shape index (κ3) is 4.19.